The van der Waals surface area contributed by atoms with Crippen LogP contribution in [0.15, 0.2) is 36.4 Å². The van der Waals surface area contributed by atoms with Gasteiger partial charge in [-0.1, -0.05) is 18.2 Å². The maximum absolute atomic E-state index is 13.2. The second-order valence-electron chi connectivity index (χ2n) is 7.44. The Hall–Kier alpha value is -3.33. The van der Waals surface area contributed by atoms with Gasteiger partial charge in [0, 0.05) is 22.7 Å². The molecule has 0 aliphatic carbocycles. The molecule has 2 aliphatic rings. The Morgan fingerprint density at radius 1 is 1.13 bits per heavy atom. The first-order chi connectivity index (χ1) is 14.4. The minimum absolute atomic E-state index is 0.312. The summed E-state index contributed by atoms with van der Waals surface area (Å²) in [6.45, 7) is 0.312. The Morgan fingerprint density at radius 2 is 1.77 bits per heavy atom. The maximum Gasteiger partial charge on any atom is 0.256 e. The van der Waals surface area contributed by atoms with E-state index in [1.54, 1.807) is 48.3 Å². The monoisotopic (exact) mass is 413 g/mol. The molecule has 0 aromatic heterocycles. The molecule has 30 heavy (non-hydrogen) atoms. The van der Waals surface area contributed by atoms with Crippen LogP contribution in [0.2, 0.25) is 0 Å². The van der Waals surface area contributed by atoms with E-state index in [-0.39, 0.29) is 10.8 Å². The molecule has 3 atom stereocenters. The largest absolute Gasteiger partial charge is 0.493 e. The van der Waals surface area contributed by atoms with Crippen LogP contribution in [0.1, 0.15) is 17.0 Å². The zero-order valence-corrected chi connectivity index (χ0v) is 17.2. The first-order valence-corrected chi connectivity index (χ1v) is 9.45. The van der Waals surface area contributed by atoms with Crippen LogP contribution in [0.4, 0.5) is 5.69 Å². The second kappa shape index (κ2) is 7.17. The number of likely N-dealkylation sites (tertiary alicyclic amines) is 1. The molecule has 9 nitrogen and oxygen atoms in total. The number of likely N-dealkylation sites (N-methyl/N-ethyl adjacent to an activating group) is 1. The lowest BCUT2D eigenvalue weighted by Crippen LogP contribution is -2.54. The van der Waals surface area contributed by atoms with Crippen molar-refractivity contribution in [2.75, 3.05) is 40.2 Å². The fourth-order valence-corrected chi connectivity index (χ4v) is 4.90. The second-order valence-corrected chi connectivity index (χ2v) is 7.44. The summed E-state index contributed by atoms with van der Waals surface area (Å²) in [5.74, 6) is 0.271. The Labute approximate surface area is 173 Å². The summed E-state index contributed by atoms with van der Waals surface area (Å²) in [5.41, 5.74) is 0.471. The van der Waals surface area contributed by atoms with Gasteiger partial charge in [0.15, 0.2) is 17.0 Å². The normalized spacial score (nSPS) is 25.1. The first kappa shape index (κ1) is 20.0. The van der Waals surface area contributed by atoms with Crippen LogP contribution in [0.5, 0.6) is 17.2 Å². The Balaban J connectivity index is 1.90. The quantitative estimate of drug-likeness (QED) is 0.592. The van der Waals surface area contributed by atoms with Crippen molar-refractivity contribution in [3.63, 3.8) is 0 Å². The fraction of sp³-hybridized carbons (Fsp3) is 0.381. The number of rotatable bonds is 5. The minimum Gasteiger partial charge on any atom is -0.493 e. The summed E-state index contributed by atoms with van der Waals surface area (Å²) < 4.78 is 16.2. The van der Waals surface area contributed by atoms with Gasteiger partial charge in [0.1, 0.15) is 0 Å². The van der Waals surface area contributed by atoms with Crippen LogP contribution in [-0.4, -0.2) is 56.7 Å². The molecule has 0 unspecified atom stereocenters. The summed E-state index contributed by atoms with van der Waals surface area (Å²) in [7, 11) is 6.23. The van der Waals surface area contributed by atoms with E-state index >= 15 is 0 Å². The van der Waals surface area contributed by atoms with E-state index in [1.807, 2.05) is 0 Å². The van der Waals surface area contributed by atoms with E-state index in [4.69, 9.17) is 14.2 Å². The highest BCUT2D eigenvalue weighted by atomic mass is 16.6. The minimum atomic E-state index is -1.40. The van der Waals surface area contributed by atoms with E-state index < -0.39 is 17.5 Å². The topological polar surface area (TPSA) is 103 Å². The zero-order valence-electron chi connectivity index (χ0n) is 17.2. The third kappa shape index (κ3) is 2.55. The lowest BCUT2D eigenvalue weighted by molar-refractivity contribution is -0.534. The van der Waals surface area contributed by atoms with Crippen LogP contribution in [0.3, 0.4) is 0 Å². The predicted octanol–water partition coefficient (Wildman–Crippen LogP) is 2.23. The van der Waals surface area contributed by atoms with Crippen LogP contribution in [-0.2, 0) is 10.3 Å². The summed E-state index contributed by atoms with van der Waals surface area (Å²) in [5, 5.41) is 15.2. The van der Waals surface area contributed by atoms with Crippen molar-refractivity contribution >= 4 is 11.6 Å². The average molecular weight is 413 g/mol. The molecule has 2 aromatic carbocycles. The van der Waals surface area contributed by atoms with Gasteiger partial charge in [-0.25, -0.2) is 0 Å². The molecule has 1 spiro atoms. The van der Waals surface area contributed by atoms with Gasteiger partial charge in [-0.2, -0.15) is 0 Å². The number of fused-ring (bicyclic) bond motifs is 2. The molecular weight excluding hydrogens is 390 g/mol. The maximum atomic E-state index is 13.2. The number of nitrogens with one attached hydrogen (secondary N) is 1. The molecular formula is C21H23N3O6. The molecule has 158 valence electrons. The third-order valence-corrected chi connectivity index (χ3v) is 6.16. The van der Waals surface area contributed by atoms with Crippen molar-refractivity contribution in [1.29, 1.82) is 0 Å². The molecule has 1 amide bonds. The van der Waals surface area contributed by atoms with E-state index in [2.05, 4.69) is 5.32 Å². The van der Waals surface area contributed by atoms with Gasteiger partial charge in [-0.05, 0) is 30.8 Å². The Morgan fingerprint density at radius 3 is 2.33 bits per heavy atom. The third-order valence-electron chi connectivity index (χ3n) is 6.16. The molecule has 4 rings (SSSR count). The van der Waals surface area contributed by atoms with E-state index in [9.17, 15) is 14.9 Å². The number of amides is 1. The van der Waals surface area contributed by atoms with Gasteiger partial charge in [0.25, 0.3) is 11.9 Å². The highest BCUT2D eigenvalue weighted by Gasteiger charge is 2.68. The lowest BCUT2D eigenvalue weighted by Gasteiger charge is -2.30. The molecule has 2 aromatic rings. The van der Waals surface area contributed by atoms with Gasteiger partial charge >= 0.3 is 0 Å². The molecule has 0 saturated carbocycles. The number of methoxy groups -OCH3 is 3. The molecule has 2 heterocycles. The molecule has 1 saturated heterocycles. The number of ether oxygens (including phenoxy) is 3. The Bertz CT molecular complexity index is 1000. The number of benzene rings is 2. The van der Waals surface area contributed by atoms with Gasteiger partial charge in [-0.15, -0.1) is 0 Å². The molecule has 9 heteroatoms. The summed E-state index contributed by atoms with van der Waals surface area (Å²) in [6.07, 6.45) is 0. The SMILES string of the molecule is COc1cc([C@@H]2CN(C)[C@@]3(C(=O)Nc4ccccc43)[C@H]2[N+](=O)[O-])cc(OC)c1OC. The smallest absolute Gasteiger partial charge is 0.256 e. The summed E-state index contributed by atoms with van der Waals surface area (Å²) in [4.78, 5) is 27.0. The van der Waals surface area contributed by atoms with E-state index in [1.165, 1.54) is 21.3 Å². The molecule has 0 bridgehead atoms. The van der Waals surface area contributed by atoms with Crippen molar-refractivity contribution in [3.05, 3.63) is 57.6 Å². The number of hydrogen-bond donors (Lipinski definition) is 1. The number of carbonyl (C=O) groups excluding carboxylic acids is 1. The van der Waals surface area contributed by atoms with Crippen molar-refractivity contribution in [2.24, 2.45) is 0 Å². The van der Waals surface area contributed by atoms with Crippen molar-refractivity contribution in [1.82, 2.24) is 4.90 Å². The molecule has 1 N–H and O–H groups in total. The van der Waals surface area contributed by atoms with Gasteiger partial charge in [0.05, 0.1) is 27.2 Å². The number of nitrogens with zero attached hydrogens (tertiary/aromatic N) is 2. The van der Waals surface area contributed by atoms with Crippen molar-refractivity contribution < 1.29 is 23.9 Å². The van der Waals surface area contributed by atoms with E-state index in [0.717, 1.165) is 0 Å². The first-order valence-electron chi connectivity index (χ1n) is 9.45. The number of nitro groups is 1. The Kier molecular flexibility index (Phi) is 4.77. The highest BCUT2D eigenvalue weighted by molar-refractivity contribution is 6.06. The van der Waals surface area contributed by atoms with Gasteiger partial charge in [0.2, 0.25) is 5.75 Å². The summed E-state index contributed by atoms with van der Waals surface area (Å²) in [6, 6.07) is 9.36. The average Bonchev–Trinajstić information content (AvgIpc) is 3.22. The molecule has 0 radical (unpaired) electrons. The predicted molar refractivity (Wildman–Crippen MR) is 109 cm³/mol. The van der Waals surface area contributed by atoms with Gasteiger partial charge in [-0.3, -0.25) is 19.8 Å². The van der Waals surface area contributed by atoms with Crippen LogP contribution in [0, 0.1) is 10.1 Å². The molecule has 2 aliphatic heterocycles. The van der Waals surface area contributed by atoms with Crippen LogP contribution < -0.4 is 19.5 Å². The van der Waals surface area contributed by atoms with Crippen LogP contribution in [0.25, 0.3) is 0 Å². The number of anilines is 1. The number of carbonyl (C=O) groups is 1. The standard InChI is InChI=1S/C21H23N3O6/c1-23-11-13(12-9-16(28-2)18(30-4)17(10-12)29-3)19(24(26)27)21(23)14-7-5-6-8-15(14)22-20(21)25/h5-10,13,19H,11H2,1-4H3,(H,22,25)/t13-,19-,21+/m0/s1. The number of para-hydroxylation sites is 1. The highest BCUT2D eigenvalue weighted by Crippen LogP contribution is 2.53. The van der Waals surface area contributed by atoms with Gasteiger partial charge < -0.3 is 19.5 Å². The summed E-state index contributed by atoms with van der Waals surface area (Å²) >= 11 is 0. The van der Waals surface area contributed by atoms with Crippen molar-refractivity contribution in [3.8, 4) is 17.2 Å². The zero-order chi connectivity index (χ0) is 21.6. The van der Waals surface area contributed by atoms with Crippen molar-refractivity contribution in [2.45, 2.75) is 17.5 Å². The molecule has 1 fully saturated rings. The lowest BCUT2D eigenvalue weighted by atomic mass is 9.79. The van der Waals surface area contributed by atoms with E-state index in [0.29, 0.717) is 40.6 Å². The van der Waals surface area contributed by atoms with Crippen LogP contribution >= 0.6 is 0 Å². The number of hydrogen-bond acceptors (Lipinski definition) is 7. The fourth-order valence-electron chi connectivity index (χ4n) is 4.90.